The molecular weight excluding hydrogens is 466 g/mol. The Morgan fingerprint density at radius 2 is 1.74 bits per heavy atom. The van der Waals surface area contributed by atoms with Crippen LogP contribution in [0.15, 0.2) is 48.5 Å². The number of esters is 1. The van der Waals surface area contributed by atoms with Crippen molar-refractivity contribution in [2.24, 2.45) is 0 Å². The summed E-state index contributed by atoms with van der Waals surface area (Å²) in [4.78, 5) is 12.8. The maximum atomic E-state index is 13.2. The minimum Gasteiger partial charge on any atom is -0.459 e. The Hall–Kier alpha value is -3.11. The molecule has 3 aromatic rings. The summed E-state index contributed by atoms with van der Waals surface area (Å²) in [7, 11) is -3.68. The van der Waals surface area contributed by atoms with Gasteiger partial charge < -0.3 is 4.74 Å². The minimum absolute atomic E-state index is 0.0210. The van der Waals surface area contributed by atoms with Gasteiger partial charge in [-0.05, 0) is 56.0 Å². The van der Waals surface area contributed by atoms with Gasteiger partial charge >= 0.3 is 5.97 Å². The van der Waals surface area contributed by atoms with Crippen LogP contribution < -0.4 is 0 Å². The number of hydrogen-bond acceptors (Lipinski definition) is 7. The number of unbranched alkanes of at least 4 members (excludes halogenated alkanes) is 1. The van der Waals surface area contributed by atoms with Crippen LogP contribution in [0.3, 0.4) is 0 Å². The molecule has 1 heterocycles. The molecule has 35 heavy (non-hydrogen) atoms. The van der Waals surface area contributed by atoms with Gasteiger partial charge in [-0.3, -0.25) is 4.79 Å². The first-order valence-corrected chi connectivity index (χ1v) is 13.3. The van der Waals surface area contributed by atoms with E-state index in [0.717, 1.165) is 28.7 Å². The number of ether oxygens (including phenoxy) is 1. The smallest absolute Gasteiger partial charge is 0.324 e. The predicted molar refractivity (Wildman–Crippen MR) is 135 cm³/mol. The quantitative estimate of drug-likeness (QED) is 0.415. The number of nitrogens with one attached hydrogen (secondary N) is 1. The number of aromatic amines is 1. The van der Waals surface area contributed by atoms with Crippen LogP contribution in [0.5, 0.6) is 0 Å². The summed E-state index contributed by atoms with van der Waals surface area (Å²) >= 11 is 0. The van der Waals surface area contributed by atoms with Crippen LogP contribution in [0.4, 0.5) is 0 Å². The average Bonchev–Trinajstić information content (AvgIpc) is 3.35. The zero-order chi connectivity index (χ0) is 25.6. The lowest BCUT2D eigenvalue weighted by atomic mass is 9.98. The largest absolute Gasteiger partial charge is 0.459 e. The number of H-pyrrole nitrogens is 1. The van der Waals surface area contributed by atoms with Crippen molar-refractivity contribution in [1.82, 2.24) is 24.9 Å². The maximum Gasteiger partial charge on any atom is 0.324 e. The standard InChI is InChI=1S/C25H33N5O4S/c1-6-7-16-35(32,33)30(18(2)24(31)34-25(3,4)5)17-19-12-14-20(15-13-19)21-10-8-9-11-22(21)23-26-28-29-27-23/h8-15,18H,6-7,16-17H2,1-5H3,(H,26,27,28,29)/t18-/m0/s1. The van der Waals surface area contributed by atoms with Gasteiger partial charge in [0.2, 0.25) is 15.8 Å². The van der Waals surface area contributed by atoms with Gasteiger partial charge in [-0.25, -0.2) is 8.42 Å². The number of hydrogen-bond donors (Lipinski definition) is 1. The zero-order valence-corrected chi connectivity index (χ0v) is 21.7. The SMILES string of the molecule is CCCCS(=O)(=O)N(Cc1ccc(-c2ccccc2-c2nn[nH]n2)cc1)[C@@H](C)C(=O)OC(C)(C)C. The van der Waals surface area contributed by atoms with Gasteiger partial charge in [0.1, 0.15) is 11.6 Å². The first kappa shape index (κ1) is 26.5. The van der Waals surface area contributed by atoms with Crippen LogP contribution in [0.1, 0.15) is 53.0 Å². The molecule has 0 saturated carbocycles. The molecule has 2 aromatic carbocycles. The lowest BCUT2D eigenvalue weighted by molar-refractivity contribution is -0.159. The Morgan fingerprint density at radius 3 is 2.31 bits per heavy atom. The predicted octanol–water partition coefficient (Wildman–Crippen LogP) is 4.20. The summed E-state index contributed by atoms with van der Waals surface area (Å²) in [6, 6.07) is 14.3. The number of tetrazole rings is 1. The molecule has 1 aromatic heterocycles. The minimum atomic E-state index is -3.68. The van der Waals surface area contributed by atoms with E-state index in [2.05, 4.69) is 20.6 Å². The fraction of sp³-hybridized carbons (Fsp3) is 0.440. The molecule has 0 radical (unpaired) electrons. The van der Waals surface area contributed by atoms with E-state index in [1.807, 2.05) is 55.5 Å². The van der Waals surface area contributed by atoms with Gasteiger partial charge in [-0.1, -0.05) is 61.9 Å². The van der Waals surface area contributed by atoms with E-state index < -0.39 is 27.6 Å². The summed E-state index contributed by atoms with van der Waals surface area (Å²) in [5.74, 6) is -0.0976. The lowest BCUT2D eigenvalue weighted by Gasteiger charge is -2.30. The second kappa shape index (κ2) is 11.1. The number of benzene rings is 2. The van der Waals surface area contributed by atoms with Crippen molar-refractivity contribution in [3.05, 3.63) is 54.1 Å². The van der Waals surface area contributed by atoms with Gasteiger partial charge in [-0.2, -0.15) is 9.52 Å². The number of rotatable bonds is 10. The molecule has 0 saturated heterocycles. The number of carbonyl (C=O) groups is 1. The van der Waals surface area contributed by atoms with E-state index in [1.165, 1.54) is 4.31 Å². The molecule has 1 atom stereocenters. The van der Waals surface area contributed by atoms with Gasteiger partial charge in [0, 0.05) is 12.1 Å². The summed E-state index contributed by atoms with van der Waals surface area (Å²) in [6.45, 7) is 8.87. The number of carbonyl (C=O) groups excluding carboxylic acids is 1. The van der Waals surface area contributed by atoms with Crippen LogP contribution in [0.2, 0.25) is 0 Å². The molecule has 9 nitrogen and oxygen atoms in total. The van der Waals surface area contributed by atoms with Gasteiger partial charge in [-0.15, -0.1) is 10.2 Å². The zero-order valence-electron chi connectivity index (χ0n) is 20.9. The molecule has 188 valence electrons. The molecule has 0 amide bonds. The van der Waals surface area contributed by atoms with E-state index >= 15 is 0 Å². The Morgan fingerprint density at radius 1 is 1.09 bits per heavy atom. The van der Waals surface area contributed by atoms with Crippen LogP contribution in [-0.2, 0) is 26.1 Å². The fourth-order valence-corrected chi connectivity index (χ4v) is 5.40. The highest BCUT2D eigenvalue weighted by molar-refractivity contribution is 7.89. The molecule has 0 unspecified atom stereocenters. The first-order valence-electron chi connectivity index (χ1n) is 11.7. The average molecular weight is 500 g/mol. The number of nitrogens with zero attached hydrogens (tertiary/aromatic N) is 4. The van der Waals surface area contributed by atoms with Crippen molar-refractivity contribution in [2.45, 2.75) is 65.6 Å². The molecule has 10 heteroatoms. The molecule has 0 aliphatic rings. The molecule has 1 N–H and O–H groups in total. The Balaban J connectivity index is 1.88. The third-order valence-corrected chi connectivity index (χ3v) is 7.37. The van der Waals surface area contributed by atoms with Gasteiger partial charge in [0.25, 0.3) is 0 Å². The van der Waals surface area contributed by atoms with E-state index in [9.17, 15) is 13.2 Å². The van der Waals surface area contributed by atoms with Crippen LogP contribution in [-0.4, -0.2) is 56.7 Å². The van der Waals surface area contributed by atoms with Crippen LogP contribution in [0.25, 0.3) is 22.5 Å². The van der Waals surface area contributed by atoms with Crippen LogP contribution >= 0.6 is 0 Å². The summed E-state index contributed by atoms with van der Waals surface area (Å²) < 4.78 is 33.1. The van der Waals surface area contributed by atoms with Crippen molar-refractivity contribution in [2.75, 3.05) is 5.75 Å². The fourth-order valence-electron chi connectivity index (χ4n) is 3.60. The highest BCUT2D eigenvalue weighted by Crippen LogP contribution is 2.30. The van der Waals surface area contributed by atoms with Crippen LogP contribution in [0, 0.1) is 0 Å². The number of sulfonamides is 1. The first-order chi connectivity index (χ1) is 16.5. The third kappa shape index (κ3) is 6.95. The van der Waals surface area contributed by atoms with E-state index in [4.69, 9.17) is 4.74 Å². The van der Waals surface area contributed by atoms with E-state index in [1.54, 1.807) is 27.7 Å². The topological polar surface area (TPSA) is 118 Å². The van der Waals surface area contributed by atoms with Crippen molar-refractivity contribution < 1.29 is 17.9 Å². The van der Waals surface area contributed by atoms with Crippen molar-refractivity contribution in [3.8, 4) is 22.5 Å². The Bertz CT molecular complexity index is 1220. The van der Waals surface area contributed by atoms with Crippen molar-refractivity contribution in [3.63, 3.8) is 0 Å². The molecule has 3 rings (SSSR count). The highest BCUT2D eigenvalue weighted by Gasteiger charge is 2.34. The second-order valence-corrected chi connectivity index (χ2v) is 11.4. The monoisotopic (exact) mass is 499 g/mol. The molecule has 0 bridgehead atoms. The third-order valence-electron chi connectivity index (χ3n) is 5.41. The second-order valence-electron chi connectivity index (χ2n) is 9.40. The number of aromatic nitrogens is 4. The molecule has 0 fully saturated rings. The van der Waals surface area contributed by atoms with Gasteiger partial charge in [0.05, 0.1) is 5.75 Å². The highest BCUT2D eigenvalue weighted by atomic mass is 32.2. The molecular formula is C25H33N5O4S. The maximum absolute atomic E-state index is 13.2. The van der Waals surface area contributed by atoms with Crippen molar-refractivity contribution in [1.29, 1.82) is 0 Å². The van der Waals surface area contributed by atoms with Crippen molar-refractivity contribution >= 4 is 16.0 Å². The van der Waals surface area contributed by atoms with E-state index in [-0.39, 0.29) is 12.3 Å². The summed E-state index contributed by atoms with van der Waals surface area (Å²) in [5, 5.41) is 14.3. The summed E-state index contributed by atoms with van der Waals surface area (Å²) in [6.07, 6.45) is 1.26. The normalized spacial score (nSPS) is 13.1. The Labute approximate surface area is 206 Å². The van der Waals surface area contributed by atoms with E-state index in [0.29, 0.717) is 12.2 Å². The molecule has 0 aliphatic heterocycles. The summed E-state index contributed by atoms with van der Waals surface area (Å²) in [5.41, 5.74) is 2.74. The van der Waals surface area contributed by atoms with Gasteiger partial charge in [0.15, 0.2) is 0 Å². The molecule has 0 spiro atoms. The Kier molecular flexibility index (Phi) is 8.39. The lowest BCUT2D eigenvalue weighted by Crippen LogP contribution is -2.46. The molecule has 0 aliphatic carbocycles.